The summed E-state index contributed by atoms with van der Waals surface area (Å²) < 4.78 is 11.4. The van der Waals surface area contributed by atoms with E-state index in [-0.39, 0.29) is 0 Å². The van der Waals surface area contributed by atoms with Gasteiger partial charge in [-0.15, -0.1) is 11.3 Å². The lowest BCUT2D eigenvalue weighted by Gasteiger charge is -2.23. The summed E-state index contributed by atoms with van der Waals surface area (Å²) in [6, 6.07) is 6.67. The molecule has 2 aromatic rings. The van der Waals surface area contributed by atoms with Crippen LogP contribution in [0, 0.1) is 11.3 Å². The molecule has 3 aliphatic rings. The maximum atomic E-state index is 13.3. The molecule has 0 saturated carbocycles. The summed E-state index contributed by atoms with van der Waals surface area (Å²) in [5, 5.41) is 15.5. The number of thiophene rings is 1. The van der Waals surface area contributed by atoms with E-state index in [0.717, 1.165) is 47.4 Å². The van der Waals surface area contributed by atoms with Gasteiger partial charge in [-0.25, -0.2) is 4.79 Å². The first-order valence-corrected chi connectivity index (χ1v) is 12.1. The third kappa shape index (κ3) is 3.76. The van der Waals surface area contributed by atoms with Crippen molar-refractivity contribution in [3.8, 4) is 17.6 Å². The Bertz CT molecular complexity index is 1230. The van der Waals surface area contributed by atoms with Crippen LogP contribution in [-0.2, 0) is 28.0 Å². The molecule has 9 nitrogen and oxygen atoms in total. The van der Waals surface area contributed by atoms with Crippen molar-refractivity contribution < 1.29 is 23.9 Å². The van der Waals surface area contributed by atoms with Crippen molar-refractivity contribution in [2.45, 2.75) is 44.6 Å². The van der Waals surface area contributed by atoms with Gasteiger partial charge in [0.2, 0.25) is 5.91 Å². The number of nitriles is 1. The number of hydrogen-bond acceptors (Lipinski definition) is 7. The normalized spacial score (nSPS) is 21.4. The van der Waals surface area contributed by atoms with Crippen LogP contribution in [0.5, 0.6) is 11.5 Å². The highest BCUT2D eigenvalue weighted by atomic mass is 32.1. The maximum Gasteiger partial charge on any atom is 0.325 e. The fourth-order valence-corrected chi connectivity index (χ4v) is 5.85. The molecule has 2 aliphatic heterocycles. The first-order chi connectivity index (χ1) is 16.4. The van der Waals surface area contributed by atoms with Crippen molar-refractivity contribution >= 4 is 34.2 Å². The number of nitrogens with one attached hydrogen (secondary N) is 2. The van der Waals surface area contributed by atoms with Crippen molar-refractivity contribution in [2.75, 3.05) is 25.1 Å². The predicted molar refractivity (Wildman–Crippen MR) is 124 cm³/mol. The van der Waals surface area contributed by atoms with E-state index in [1.165, 1.54) is 11.3 Å². The second-order valence-corrected chi connectivity index (χ2v) is 9.84. The molecule has 0 spiro atoms. The Labute approximate surface area is 200 Å². The summed E-state index contributed by atoms with van der Waals surface area (Å²) >= 11 is 1.40. The summed E-state index contributed by atoms with van der Waals surface area (Å²) in [6.45, 7) is 2.20. The molecule has 0 radical (unpaired) electrons. The van der Waals surface area contributed by atoms with Gasteiger partial charge in [0, 0.05) is 11.3 Å². The summed E-state index contributed by atoms with van der Waals surface area (Å²) in [5.41, 5.74) is 0.686. The predicted octanol–water partition coefficient (Wildman–Crippen LogP) is 3.07. The molecule has 1 fully saturated rings. The van der Waals surface area contributed by atoms with Crippen LogP contribution in [0.15, 0.2) is 18.2 Å². The fourth-order valence-electron chi connectivity index (χ4n) is 4.59. The topological polar surface area (TPSA) is 121 Å². The number of amides is 4. The van der Waals surface area contributed by atoms with Gasteiger partial charge in [-0.3, -0.25) is 14.5 Å². The van der Waals surface area contributed by atoms with Crippen LogP contribution in [-0.4, -0.2) is 42.5 Å². The standard InChI is InChI=1S/C24H24N4O5S/c1-24(14-7-8-17-18(11-14)33-10-4-9-32-17)22(30)28(23(31)27-24)13-20(29)26-21-16(12-25)15-5-2-3-6-19(15)34-21/h7-8,11H,2-6,9-10,13H2,1H3,(H,26,29)(H,27,31)/t24-/m1/s1. The molecular formula is C24H24N4O5S. The van der Waals surface area contributed by atoms with E-state index < -0.39 is 29.9 Å². The fraction of sp³-hybridized carbons (Fsp3) is 0.417. The number of imide groups is 1. The SMILES string of the molecule is C[C@]1(c2ccc3c(c2)OCCCO3)NC(=O)N(CC(=O)Nc2sc3c(c2C#N)CCCC3)C1=O. The number of rotatable bonds is 4. The maximum absolute atomic E-state index is 13.3. The van der Waals surface area contributed by atoms with Crippen molar-refractivity contribution in [1.29, 1.82) is 5.26 Å². The number of nitrogens with zero attached hydrogens (tertiary/aromatic N) is 2. The highest BCUT2D eigenvalue weighted by Gasteiger charge is 2.50. The lowest BCUT2D eigenvalue weighted by atomic mass is 9.91. The Kier molecular flexibility index (Phi) is 5.65. The number of carbonyl (C=O) groups is 3. The van der Waals surface area contributed by atoms with Crippen molar-refractivity contribution in [3.05, 3.63) is 39.8 Å². The second kappa shape index (κ2) is 8.65. The van der Waals surface area contributed by atoms with Gasteiger partial charge in [-0.2, -0.15) is 5.26 Å². The summed E-state index contributed by atoms with van der Waals surface area (Å²) in [6.07, 6.45) is 4.55. The van der Waals surface area contributed by atoms with E-state index in [1.54, 1.807) is 25.1 Å². The van der Waals surface area contributed by atoms with Crippen molar-refractivity contribution in [2.24, 2.45) is 0 Å². The molecule has 1 aliphatic carbocycles. The van der Waals surface area contributed by atoms with Crippen LogP contribution in [0.4, 0.5) is 9.80 Å². The third-order valence-corrected chi connectivity index (χ3v) is 7.64. The summed E-state index contributed by atoms with van der Waals surface area (Å²) in [4.78, 5) is 40.8. The largest absolute Gasteiger partial charge is 0.490 e. The molecule has 34 heavy (non-hydrogen) atoms. The first-order valence-electron chi connectivity index (χ1n) is 11.3. The zero-order valence-corrected chi connectivity index (χ0v) is 19.5. The molecule has 1 aromatic heterocycles. The van der Waals surface area contributed by atoms with E-state index in [2.05, 4.69) is 16.7 Å². The van der Waals surface area contributed by atoms with Crippen LogP contribution in [0.1, 0.15) is 47.8 Å². The average Bonchev–Trinajstić information content (AvgIpc) is 3.14. The highest BCUT2D eigenvalue weighted by molar-refractivity contribution is 7.16. The third-order valence-electron chi connectivity index (χ3n) is 6.44. The minimum atomic E-state index is -1.35. The van der Waals surface area contributed by atoms with Gasteiger partial charge < -0.3 is 20.1 Å². The zero-order valence-electron chi connectivity index (χ0n) is 18.7. The van der Waals surface area contributed by atoms with Crippen LogP contribution < -0.4 is 20.1 Å². The van der Waals surface area contributed by atoms with Crippen LogP contribution in [0.2, 0.25) is 0 Å². The number of benzene rings is 1. The number of carbonyl (C=O) groups excluding carboxylic acids is 3. The van der Waals surface area contributed by atoms with E-state index in [4.69, 9.17) is 9.47 Å². The van der Waals surface area contributed by atoms with E-state index in [0.29, 0.717) is 40.8 Å². The Morgan fingerprint density at radius 3 is 2.76 bits per heavy atom. The summed E-state index contributed by atoms with van der Waals surface area (Å²) in [7, 11) is 0. The van der Waals surface area contributed by atoms with E-state index >= 15 is 0 Å². The number of urea groups is 1. The van der Waals surface area contributed by atoms with Gasteiger partial charge in [0.1, 0.15) is 23.2 Å². The lowest BCUT2D eigenvalue weighted by Crippen LogP contribution is -2.42. The highest BCUT2D eigenvalue weighted by Crippen LogP contribution is 2.38. The average molecular weight is 481 g/mol. The Morgan fingerprint density at radius 1 is 1.21 bits per heavy atom. The Morgan fingerprint density at radius 2 is 1.97 bits per heavy atom. The second-order valence-electron chi connectivity index (χ2n) is 8.73. The van der Waals surface area contributed by atoms with Gasteiger partial charge >= 0.3 is 6.03 Å². The number of ether oxygens (including phenoxy) is 2. The minimum absolute atomic E-state index is 0.446. The van der Waals surface area contributed by atoms with E-state index in [1.807, 2.05) is 0 Å². The molecule has 1 atom stereocenters. The molecule has 3 heterocycles. The van der Waals surface area contributed by atoms with Crippen molar-refractivity contribution in [3.63, 3.8) is 0 Å². The lowest BCUT2D eigenvalue weighted by molar-refractivity contribution is -0.133. The molecule has 10 heteroatoms. The molecule has 4 amide bonds. The smallest absolute Gasteiger partial charge is 0.325 e. The van der Waals surface area contributed by atoms with Gasteiger partial charge in [0.05, 0.1) is 18.8 Å². The minimum Gasteiger partial charge on any atom is -0.490 e. The number of fused-ring (bicyclic) bond motifs is 2. The van der Waals surface area contributed by atoms with Crippen molar-refractivity contribution in [1.82, 2.24) is 10.2 Å². The molecule has 0 unspecified atom stereocenters. The monoisotopic (exact) mass is 480 g/mol. The molecule has 176 valence electrons. The molecule has 0 bridgehead atoms. The first kappa shape index (κ1) is 22.2. The molecule has 1 aromatic carbocycles. The van der Waals surface area contributed by atoms with Gasteiger partial charge in [-0.1, -0.05) is 6.07 Å². The van der Waals surface area contributed by atoms with E-state index in [9.17, 15) is 19.6 Å². The Balaban J connectivity index is 1.33. The molecule has 2 N–H and O–H groups in total. The molecule has 1 saturated heterocycles. The Hall–Kier alpha value is -3.58. The number of anilines is 1. The van der Waals surface area contributed by atoms with Crippen LogP contribution >= 0.6 is 11.3 Å². The quantitative estimate of drug-likeness (QED) is 0.649. The summed E-state index contributed by atoms with van der Waals surface area (Å²) in [5.74, 6) is 0.0413. The zero-order chi connectivity index (χ0) is 23.9. The molecular weight excluding hydrogens is 456 g/mol. The van der Waals surface area contributed by atoms with Gasteiger partial charge in [0.25, 0.3) is 5.91 Å². The van der Waals surface area contributed by atoms with Gasteiger partial charge in [-0.05, 0) is 55.9 Å². The molecule has 5 rings (SSSR count). The number of hydrogen-bond donors (Lipinski definition) is 2. The van der Waals surface area contributed by atoms with Gasteiger partial charge in [0.15, 0.2) is 11.5 Å². The van der Waals surface area contributed by atoms with Crippen LogP contribution in [0.25, 0.3) is 0 Å². The van der Waals surface area contributed by atoms with Crippen LogP contribution in [0.3, 0.4) is 0 Å². The number of aryl methyl sites for hydroxylation is 1.